The van der Waals surface area contributed by atoms with E-state index in [4.69, 9.17) is 5.73 Å². The Balaban J connectivity index is 2.22. The van der Waals surface area contributed by atoms with E-state index in [1.807, 2.05) is 0 Å². The predicted octanol–water partition coefficient (Wildman–Crippen LogP) is 3.66. The van der Waals surface area contributed by atoms with Gasteiger partial charge in [0.05, 0.1) is 5.56 Å². The molecule has 1 aliphatic carbocycles. The van der Waals surface area contributed by atoms with Gasteiger partial charge in [0.15, 0.2) is 5.78 Å². The number of Topliss-reactive ketones (excluding diaryl/α,β-unsaturated/α-hetero) is 1. The second-order valence-corrected chi connectivity index (χ2v) is 4.72. The van der Waals surface area contributed by atoms with Crippen LogP contribution in [0.3, 0.4) is 0 Å². The molecule has 0 bridgehead atoms. The Labute approximate surface area is 103 Å². The number of carbonyl (C=O) groups is 1. The van der Waals surface area contributed by atoms with Gasteiger partial charge in [0, 0.05) is 17.7 Å². The Morgan fingerprint density at radius 1 is 1.33 bits per heavy atom. The molecule has 18 heavy (non-hydrogen) atoms. The van der Waals surface area contributed by atoms with E-state index >= 15 is 0 Å². The van der Waals surface area contributed by atoms with Crippen molar-refractivity contribution < 1.29 is 18.0 Å². The van der Waals surface area contributed by atoms with Gasteiger partial charge in [-0.3, -0.25) is 4.79 Å². The van der Waals surface area contributed by atoms with Gasteiger partial charge in [0.2, 0.25) is 0 Å². The smallest absolute Gasteiger partial charge is 0.398 e. The zero-order valence-corrected chi connectivity index (χ0v) is 9.76. The van der Waals surface area contributed by atoms with Gasteiger partial charge >= 0.3 is 6.18 Å². The molecule has 0 spiro atoms. The highest BCUT2D eigenvalue weighted by atomic mass is 19.4. The first-order valence-corrected chi connectivity index (χ1v) is 5.88. The molecule has 1 aromatic carbocycles. The highest BCUT2D eigenvalue weighted by Gasteiger charge is 2.32. The molecule has 0 unspecified atom stereocenters. The Morgan fingerprint density at radius 2 is 2.00 bits per heavy atom. The van der Waals surface area contributed by atoms with Crippen LogP contribution in [0.1, 0.15) is 41.6 Å². The van der Waals surface area contributed by atoms with Gasteiger partial charge < -0.3 is 5.73 Å². The molecule has 0 heterocycles. The Hall–Kier alpha value is -1.52. The maximum Gasteiger partial charge on any atom is 0.416 e. The minimum absolute atomic E-state index is 0.00303. The number of benzene rings is 1. The summed E-state index contributed by atoms with van der Waals surface area (Å²) in [5.74, 6) is 0.0229. The lowest BCUT2D eigenvalue weighted by molar-refractivity contribution is -0.137. The summed E-state index contributed by atoms with van der Waals surface area (Å²) in [6.07, 6.45) is -1.10. The van der Waals surface area contributed by atoms with Crippen molar-refractivity contribution in [1.29, 1.82) is 0 Å². The monoisotopic (exact) mass is 257 g/mol. The van der Waals surface area contributed by atoms with Crippen LogP contribution in [-0.4, -0.2) is 5.78 Å². The molecule has 0 amide bonds. The summed E-state index contributed by atoms with van der Waals surface area (Å²) in [6.45, 7) is 0. The van der Waals surface area contributed by atoms with E-state index in [9.17, 15) is 18.0 Å². The first kappa shape index (κ1) is 12.9. The minimum atomic E-state index is -4.45. The second-order valence-electron chi connectivity index (χ2n) is 4.72. The molecular weight excluding hydrogens is 243 g/mol. The van der Waals surface area contributed by atoms with Crippen molar-refractivity contribution in [2.75, 3.05) is 5.73 Å². The van der Waals surface area contributed by atoms with Gasteiger partial charge in [-0.15, -0.1) is 0 Å². The Bertz CT molecular complexity index is 464. The zero-order valence-electron chi connectivity index (χ0n) is 9.76. The van der Waals surface area contributed by atoms with E-state index in [1.165, 1.54) is 0 Å². The van der Waals surface area contributed by atoms with E-state index in [0.717, 1.165) is 37.5 Å². The highest BCUT2D eigenvalue weighted by Crippen LogP contribution is 2.34. The number of anilines is 1. The summed E-state index contributed by atoms with van der Waals surface area (Å²) in [7, 11) is 0. The molecule has 2 nitrogen and oxygen atoms in total. The van der Waals surface area contributed by atoms with E-state index in [0.29, 0.717) is 12.3 Å². The quantitative estimate of drug-likeness (QED) is 0.663. The zero-order chi connectivity index (χ0) is 13.3. The number of hydrogen-bond donors (Lipinski definition) is 1. The molecule has 5 heteroatoms. The third kappa shape index (κ3) is 2.66. The normalized spacial score (nSPS) is 16.4. The summed E-state index contributed by atoms with van der Waals surface area (Å²) in [4.78, 5) is 11.9. The van der Waals surface area contributed by atoms with Crippen LogP contribution in [0.4, 0.5) is 18.9 Å². The van der Waals surface area contributed by atoms with Crippen molar-refractivity contribution in [2.45, 2.75) is 31.9 Å². The fourth-order valence-corrected chi connectivity index (χ4v) is 2.04. The average Bonchev–Trinajstić information content (AvgIpc) is 2.22. The molecular formula is C13H14F3NO. The van der Waals surface area contributed by atoms with Crippen molar-refractivity contribution in [2.24, 2.45) is 5.92 Å². The van der Waals surface area contributed by atoms with E-state index in [1.54, 1.807) is 0 Å². The van der Waals surface area contributed by atoms with Crippen molar-refractivity contribution >= 4 is 11.5 Å². The van der Waals surface area contributed by atoms with Gasteiger partial charge in [-0.25, -0.2) is 0 Å². The van der Waals surface area contributed by atoms with E-state index < -0.39 is 11.7 Å². The summed E-state index contributed by atoms with van der Waals surface area (Å²) < 4.78 is 37.7. The van der Waals surface area contributed by atoms with Crippen LogP contribution in [-0.2, 0) is 6.18 Å². The molecule has 0 atom stereocenters. The summed E-state index contributed by atoms with van der Waals surface area (Å²) in [6, 6.07) is 2.91. The standard InChI is InChI=1S/C13H14F3NO/c14-13(15,16)9-4-5-11(17)10(7-9)12(18)6-8-2-1-3-8/h4-5,7-8H,1-3,6,17H2. The first-order valence-electron chi connectivity index (χ1n) is 5.88. The lowest BCUT2D eigenvalue weighted by Crippen LogP contribution is -2.17. The van der Waals surface area contributed by atoms with Crippen LogP contribution in [0.15, 0.2) is 18.2 Å². The summed E-state index contributed by atoms with van der Waals surface area (Å²) in [5.41, 5.74) is 4.87. The van der Waals surface area contributed by atoms with Crippen LogP contribution >= 0.6 is 0 Å². The van der Waals surface area contributed by atoms with E-state index in [2.05, 4.69) is 0 Å². The minimum Gasteiger partial charge on any atom is -0.398 e. The van der Waals surface area contributed by atoms with Crippen LogP contribution in [0.2, 0.25) is 0 Å². The molecule has 0 radical (unpaired) electrons. The van der Waals surface area contributed by atoms with Gasteiger partial charge in [-0.05, 0) is 24.1 Å². The van der Waals surface area contributed by atoms with E-state index in [-0.39, 0.29) is 17.0 Å². The lowest BCUT2D eigenvalue weighted by Gasteiger charge is -2.24. The Kier molecular flexibility index (Phi) is 3.32. The van der Waals surface area contributed by atoms with Crippen molar-refractivity contribution in [3.05, 3.63) is 29.3 Å². The number of carbonyl (C=O) groups excluding carboxylic acids is 1. The summed E-state index contributed by atoms with van der Waals surface area (Å²) >= 11 is 0. The number of nitrogens with two attached hydrogens (primary N) is 1. The van der Waals surface area contributed by atoms with Crippen LogP contribution in [0.5, 0.6) is 0 Å². The second kappa shape index (κ2) is 4.63. The number of rotatable bonds is 3. The molecule has 0 aromatic heterocycles. The average molecular weight is 257 g/mol. The molecule has 2 N–H and O–H groups in total. The molecule has 0 aliphatic heterocycles. The number of halogens is 3. The number of nitrogen functional groups attached to an aromatic ring is 1. The number of alkyl halides is 3. The fraction of sp³-hybridized carbons (Fsp3) is 0.462. The van der Waals surface area contributed by atoms with Crippen LogP contribution in [0.25, 0.3) is 0 Å². The fourth-order valence-electron chi connectivity index (χ4n) is 2.04. The summed E-state index contributed by atoms with van der Waals surface area (Å²) in [5, 5.41) is 0. The molecule has 0 saturated heterocycles. The predicted molar refractivity (Wildman–Crippen MR) is 62.1 cm³/mol. The van der Waals surface area contributed by atoms with Gasteiger partial charge in [0.1, 0.15) is 0 Å². The molecule has 1 aromatic rings. The maximum atomic E-state index is 12.6. The van der Waals surface area contributed by atoms with Gasteiger partial charge in [-0.1, -0.05) is 19.3 Å². The van der Waals surface area contributed by atoms with Crippen LogP contribution in [0, 0.1) is 5.92 Å². The van der Waals surface area contributed by atoms with Gasteiger partial charge in [-0.2, -0.15) is 13.2 Å². The SMILES string of the molecule is Nc1ccc(C(F)(F)F)cc1C(=O)CC1CCC1. The Morgan fingerprint density at radius 3 is 2.50 bits per heavy atom. The van der Waals surface area contributed by atoms with Crippen LogP contribution < -0.4 is 5.73 Å². The van der Waals surface area contributed by atoms with Crippen molar-refractivity contribution in [1.82, 2.24) is 0 Å². The molecule has 2 rings (SSSR count). The third-order valence-corrected chi connectivity index (χ3v) is 3.38. The number of hydrogen-bond acceptors (Lipinski definition) is 2. The van der Waals surface area contributed by atoms with Gasteiger partial charge in [0.25, 0.3) is 0 Å². The van der Waals surface area contributed by atoms with Crippen molar-refractivity contribution in [3.8, 4) is 0 Å². The highest BCUT2D eigenvalue weighted by molar-refractivity contribution is 6.01. The number of ketones is 1. The molecule has 98 valence electrons. The third-order valence-electron chi connectivity index (χ3n) is 3.38. The van der Waals surface area contributed by atoms with Crippen molar-refractivity contribution in [3.63, 3.8) is 0 Å². The first-order chi connectivity index (χ1) is 8.38. The topological polar surface area (TPSA) is 43.1 Å². The lowest BCUT2D eigenvalue weighted by atomic mass is 9.80. The molecule has 1 fully saturated rings. The molecule has 1 aliphatic rings. The maximum absolute atomic E-state index is 12.6. The largest absolute Gasteiger partial charge is 0.416 e. The molecule has 1 saturated carbocycles.